The second-order valence-corrected chi connectivity index (χ2v) is 5.10. The highest BCUT2D eigenvalue weighted by Crippen LogP contribution is 2.27. The lowest BCUT2D eigenvalue weighted by atomic mass is 9.99. The molecule has 0 aliphatic heterocycles. The Balaban J connectivity index is 2.27. The third kappa shape index (κ3) is 3.38. The maximum Gasteiger partial charge on any atom is 0.128 e. The number of anilines is 1. The first-order chi connectivity index (χ1) is 9.11. The molecule has 3 N–H and O–H groups in total. The summed E-state index contributed by atoms with van der Waals surface area (Å²) in [5.74, 6) is 0.534. The number of rotatable bonds is 4. The maximum atomic E-state index is 6.20. The van der Waals surface area contributed by atoms with Crippen LogP contribution in [0.25, 0.3) is 0 Å². The van der Waals surface area contributed by atoms with E-state index in [1.165, 1.54) is 0 Å². The van der Waals surface area contributed by atoms with Gasteiger partial charge in [-0.15, -0.1) is 0 Å². The zero-order chi connectivity index (χ0) is 13.8. The Labute approximate surface area is 122 Å². The van der Waals surface area contributed by atoms with Crippen molar-refractivity contribution in [3.05, 3.63) is 57.7 Å². The van der Waals surface area contributed by atoms with Crippen LogP contribution in [0, 0.1) is 0 Å². The molecule has 1 aromatic carbocycles. The van der Waals surface area contributed by atoms with Crippen molar-refractivity contribution in [2.24, 2.45) is 0 Å². The van der Waals surface area contributed by atoms with Gasteiger partial charge in [0.1, 0.15) is 5.82 Å². The summed E-state index contributed by atoms with van der Waals surface area (Å²) in [6.07, 6.45) is 2.41. The van der Waals surface area contributed by atoms with E-state index in [-0.39, 0.29) is 6.04 Å². The summed E-state index contributed by atoms with van der Waals surface area (Å²) in [4.78, 5) is 4.11. The first kappa shape index (κ1) is 14.1. The molecular formula is C14H15Cl2N3. The summed E-state index contributed by atoms with van der Waals surface area (Å²) < 4.78 is 0. The Morgan fingerprint density at radius 1 is 1.32 bits per heavy atom. The molecule has 0 aliphatic rings. The van der Waals surface area contributed by atoms with Crippen molar-refractivity contribution in [2.45, 2.75) is 12.5 Å². The smallest absolute Gasteiger partial charge is 0.128 e. The summed E-state index contributed by atoms with van der Waals surface area (Å²) in [6.45, 7) is 0. The van der Waals surface area contributed by atoms with Crippen molar-refractivity contribution in [3.8, 4) is 0 Å². The van der Waals surface area contributed by atoms with E-state index in [1.807, 2.05) is 31.3 Å². The van der Waals surface area contributed by atoms with Crippen molar-refractivity contribution in [1.82, 2.24) is 10.3 Å². The minimum atomic E-state index is 0.0624. The van der Waals surface area contributed by atoms with Gasteiger partial charge in [0.15, 0.2) is 0 Å². The van der Waals surface area contributed by atoms with Crippen LogP contribution in [0.3, 0.4) is 0 Å². The minimum absolute atomic E-state index is 0.0624. The molecule has 1 aromatic heterocycles. The van der Waals surface area contributed by atoms with E-state index < -0.39 is 0 Å². The van der Waals surface area contributed by atoms with E-state index in [4.69, 9.17) is 28.9 Å². The van der Waals surface area contributed by atoms with E-state index in [2.05, 4.69) is 10.3 Å². The Morgan fingerprint density at radius 2 is 2.11 bits per heavy atom. The molecule has 0 spiro atoms. The number of halogens is 2. The summed E-state index contributed by atoms with van der Waals surface area (Å²) >= 11 is 12.1. The van der Waals surface area contributed by atoms with Gasteiger partial charge in [-0.1, -0.05) is 35.3 Å². The Kier molecular flexibility index (Phi) is 4.64. The highest BCUT2D eigenvalue weighted by molar-refractivity contribution is 6.35. The molecule has 0 fully saturated rings. The highest BCUT2D eigenvalue weighted by Gasteiger charge is 2.15. The van der Waals surface area contributed by atoms with Gasteiger partial charge in [0.05, 0.1) is 0 Å². The quantitative estimate of drug-likeness (QED) is 0.908. The van der Waals surface area contributed by atoms with Gasteiger partial charge in [0.25, 0.3) is 0 Å². The van der Waals surface area contributed by atoms with Crippen molar-refractivity contribution in [3.63, 3.8) is 0 Å². The molecule has 1 atom stereocenters. The molecule has 0 amide bonds. The number of nitrogens with two attached hydrogens (primary N) is 1. The second-order valence-electron chi connectivity index (χ2n) is 4.26. The fourth-order valence-electron chi connectivity index (χ4n) is 2.00. The van der Waals surface area contributed by atoms with E-state index in [0.717, 1.165) is 17.5 Å². The van der Waals surface area contributed by atoms with Crippen molar-refractivity contribution < 1.29 is 0 Å². The zero-order valence-electron chi connectivity index (χ0n) is 10.5. The monoisotopic (exact) mass is 295 g/mol. The van der Waals surface area contributed by atoms with Crippen LogP contribution in [0.2, 0.25) is 10.0 Å². The number of hydrogen-bond acceptors (Lipinski definition) is 3. The fraction of sp³-hybridized carbons (Fsp3) is 0.214. The lowest BCUT2D eigenvalue weighted by Crippen LogP contribution is -2.20. The normalized spacial score (nSPS) is 12.4. The number of aromatic nitrogens is 1. The van der Waals surface area contributed by atoms with Gasteiger partial charge in [0.2, 0.25) is 0 Å². The molecule has 1 unspecified atom stereocenters. The first-order valence-corrected chi connectivity index (χ1v) is 6.69. The van der Waals surface area contributed by atoms with Crippen LogP contribution >= 0.6 is 23.2 Å². The molecule has 1 heterocycles. The van der Waals surface area contributed by atoms with Crippen LogP contribution in [0.4, 0.5) is 5.82 Å². The summed E-state index contributed by atoms with van der Waals surface area (Å²) in [5.41, 5.74) is 7.90. The zero-order valence-corrected chi connectivity index (χ0v) is 12.0. The van der Waals surface area contributed by atoms with E-state index in [0.29, 0.717) is 15.9 Å². The van der Waals surface area contributed by atoms with Gasteiger partial charge < -0.3 is 11.1 Å². The topological polar surface area (TPSA) is 50.9 Å². The number of hydrogen-bond donors (Lipinski definition) is 2. The number of pyridine rings is 1. The van der Waals surface area contributed by atoms with Crippen LogP contribution in [-0.2, 0) is 6.42 Å². The molecule has 3 nitrogen and oxygen atoms in total. The van der Waals surface area contributed by atoms with Gasteiger partial charge in [-0.3, -0.25) is 0 Å². The van der Waals surface area contributed by atoms with Gasteiger partial charge in [-0.2, -0.15) is 0 Å². The van der Waals surface area contributed by atoms with Crippen molar-refractivity contribution >= 4 is 29.0 Å². The molecule has 0 saturated heterocycles. The number of likely N-dealkylation sites (N-methyl/N-ethyl adjacent to an activating group) is 1. The van der Waals surface area contributed by atoms with Gasteiger partial charge >= 0.3 is 0 Å². The molecular weight excluding hydrogens is 281 g/mol. The molecule has 19 heavy (non-hydrogen) atoms. The van der Waals surface area contributed by atoms with Crippen molar-refractivity contribution in [1.29, 1.82) is 0 Å². The largest absolute Gasteiger partial charge is 0.383 e. The molecule has 0 radical (unpaired) electrons. The Hall–Kier alpha value is -1.29. The third-order valence-corrected chi connectivity index (χ3v) is 3.62. The van der Waals surface area contributed by atoms with Crippen molar-refractivity contribution in [2.75, 3.05) is 12.8 Å². The maximum absolute atomic E-state index is 6.20. The summed E-state index contributed by atoms with van der Waals surface area (Å²) in [7, 11) is 1.89. The van der Waals surface area contributed by atoms with Crippen LogP contribution in [-0.4, -0.2) is 12.0 Å². The first-order valence-electron chi connectivity index (χ1n) is 5.93. The van der Waals surface area contributed by atoms with E-state index in [9.17, 15) is 0 Å². The fourth-order valence-corrected chi connectivity index (χ4v) is 2.48. The lowest BCUT2D eigenvalue weighted by Gasteiger charge is -2.18. The average Bonchev–Trinajstić information content (AvgIpc) is 2.39. The van der Waals surface area contributed by atoms with Crippen LogP contribution in [0.5, 0.6) is 0 Å². The predicted octanol–water partition coefficient (Wildman–Crippen LogP) is 3.47. The number of nitrogens with one attached hydrogen (secondary N) is 1. The van der Waals surface area contributed by atoms with Gasteiger partial charge in [-0.25, -0.2) is 4.98 Å². The Bertz CT molecular complexity index is 572. The molecule has 5 heteroatoms. The number of nitrogen functional groups attached to an aromatic ring is 1. The minimum Gasteiger partial charge on any atom is -0.383 e. The highest BCUT2D eigenvalue weighted by atomic mass is 35.5. The Morgan fingerprint density at radius 3 is 2.74 bits per heavy atom. The number of benzene rings is 1. The summed E-state index contributed by atoms with van der Waals surface area (Å²) in [5, 5.41) is 4.53. The summed E-state index contributed by atoms with van der Waals surface area (Å²) in [6, 6.07) is 9.42. The predicted molar refractivity (Wildman–Crippen MR) is 80.6 cm³/mol. The van der Waals surface area contributed by atoms with Crippen LogP contribution in [0.1, 0.15) is 17.2 Å². The molecule has 0 aliphatic carbocycles. The standard InChI is InChI=1S/C14H15Cl2N3/c1-18-13(11-3-2-6-19-14(11)17)7-9-4-5-10(15)8-12(9)16/h2-6,8,13,18H,7H2,1H3,(H2,17,19). The van der Waals surface area contributed by atoms with Gasteiger partial charge in [-0.05, 0) is 37.2 Å². The SMILES string of the molecule is CNC(Cc1ccc(Cl)cc1Cl)c1cccnc1N. The number of nitrogens with zero attached hydrogens (tertiary/aromatic N) is 1. The molecule has 100 valence electrons. The van der Waals surface area contributed by atoms with Crippen LogP contribution in [0.15, 0.2) is 36.5 Å². The average molecular weight is 296 g/mol. The molecule has 0 bridgehead atoms. The third-order valence-electron chi connectivity index (χ3n) is 3.03. The molecule has 0 saturated carbocycles. The van der Waals surface area contributed by atoms with E-state index in [1.54, 1.807) is 12.3 Å². The van der Waals surface area contributed by atoms with Gasteiger partial charge in [0, 0.05) is 27.8 Å². The molecule has 2 aromatic rings. The van der Waals surface area contributed by atoms with Crippen LogP contribution < -0.4 is 11.1 Å². The lowest BCUT2D eigenvalue weighted by molar-refractivity contribution is 0.592. The van der Waals surface area contributed by atoms with E-state index >= 15 is 0 Å². The second kappa shape index (κ2) is 6.24. The molecule has 2 rings (SSSR count).